The summed E-state index contributed by atoms with van der Waals surface area (Å²) in [5.41, 5.74) is -2.00. The predicted octanol–water partition coefficient (Wildman–Crippen LogP) is 2.97. The van der Waals surface area contributed by atoms with E-state index >= 15 is 0 Å². The lowest BCUT2D eigenvalue weighted by atomic mass is 9.77. The molecule has 0 amide bonds. The highest BCUT2D eigenvalue weighted by Crippen LogP contribution is 2.50. The van der Waals surface area contributed by atoms with Gasteiger partial charge in [-0.1, -0.05) is 12.1 Å². The van der Waals surface area contributed by atoms with Gasteiger partial charge in [0.2, 0.25) is 5.78 Å². The third-order valence-electron chi connectivity index (χ3n) is 5.40. The average Bonchev–Trinajstić information content (AvgIpc) is 2.71. The molecule has 0 bridgehead atoms. The first-order valence-electron chi connectivity index (χ1n) is 9.24. The smallest absolute Gasteiger partial charge is 0.343 e. The van der Waals surface area contributed by atoms with E-state index in [1.54, 1.807) is 0 Å². The predicted molar refractivity (Wildman–Crippen MR) is 110 cm³/mol. The van der Waals surface area contributed by atoms with Crippen molar-refractivity contribution in [3.05, 3.63) is 63.7 Å². The van der Waals surface area contributed by atoms with Crippen molar-refractivity contribution in [1.29, 1.82) is 0 Å². The lowest BCUT2D eigenvalue weighted by Crippen LogP contribution is -2.23. The Morgan fingerprint density at radius 2 is 1.50 bits per heavy atom. The lowest BCUT2D eigenvalue weighted by Gasteiger charge is -2.25. The van der Waals surface area contributed by atoms with E-state index in [-0.39, 0.29) is 39.1 Å². The third-order valence-corrected chi connectivity index (χ3v) is 5.40. The van der Waals surface area contributed by atoms with E-state index < -0.39 is 51.7 Å². The van der Waals surface area contributed by atoms with Crippen LogP contribution in [0.4, 0.5) is 0 Å². The normalized spacial score (nSPS) is 12.3. The van der Waals surface area contributed by atoms with Crippen molar-refractivity contribution in [2.45, 2.75) is 6.92 Å². The first-order valence-corrected chi connectivity index (χ1v) is 9.24. The van der Waals surface area contributed by atoms with Gasteiger partial charge in [0, 0.05) is 22.8 Å². The fraction of sp³-hybridized carbons (Fsp3) is 0.0870. The number of carboxylic acids is 1. The summed E-state index contributed by atoms with van der Waals surface area (Å²) in [5, 5.41) is 50.9. The van der Waals surface area contributed by atoms with Crippen molar-refractivity contribution in [3.8, 4) is 39.9 Å². The SMILES string of the molecule is COc1cc(O)c(C(=O)O)c(O)c1-c1c(C)cc(O)c2c1C(=O)c1cccc(O)c1C2=O. The molecule has 0 atom stereocenters. The molecule has 0 spiro atoms. The zero-order valence-electron chi connectivity index (χ0n) is 16.8. The second-order valence-electron chi connectivity index (χ2n) is 7.20. The van der Waals surface area contributed by atoms with Crippen molar-refractivity contribution in [2.24, 2.45) is 0 Å². The van der Waals surface area contributed by atoms with Crippen LogP contribution < -0.4 is 4.74 Å². The fourth-order valence-electron chi connectivity index (χ4n) is 4.05. The molecule has 9 heteroatoms. The molecule has 9 nitrogen and oxygen atoms in total. The summed E-state index contributed by atoms with van der Waals surface area (Å²) in [6.07, 6.45) is 0. The minimum Gasteiger partial charge on any atom is -0.507 e. The minimum atomic E-state index is -1.63. The van der Waals surface area contributed by atoms with Gasteiger partial charge in [-0.15, -0.1) is 0 Å². The van der Waals surface area contributed by atoms with Gasteiger partial charge in [-0.05, 0) is 24.6 Å². The van der Waals surface area contributed by atoms with Gasteiger partial charge in [0.15, 0.2) is 5.78 Å². The van der Waals surface area contributed by atoms with Crippen molar-refractivity contribution >= 4 is 17.5 Å². The van der Waals surface area contributed by atoms with E-state index in [1.165, 1.54) is 38.3 Å². The van der Waals surface area contributed by atoms with Crippen molar-refractivity contribution in [3.63, 3.8) is 0 Å². The van der Waals surface area contributed by atoms with E-state index in [9.17, 15) is 39.9 Å². The van der Waals surface area contributed by atoms with Gasteiger partial charge in [0.1, 0.15) is 34.3 Å². The van der Waals surface area contributed by atoms with Crippen LogP contribution in [0.3, 0.4) is 0 Å². The molecule has 4 rings (SSSR count). The molecular weight excluding hydrogens is 420 g/mol. The number of carboxylic acid groups (broad SMARTS) is 1. The van der Waals surface area contributed by atoms with Gasteiger partial charge in [-0.3, -0.25) is 9.59 Å². The van der Waals surface area contributed by atoms with Gasteiger partial charge in [0.25, 0.3) is 0 Å². The van der Waals surface area contributed by atoms with Gasteiger partial charge in [0.05, 0.1) is 23.8 Å². The number of rotatable bonds is 3. The van der Waals surface area contributed by atoms with Gasteiger partial charge in [-0.25, -0.2) is 4.79 Å². The number of carbonyl (C=O) groups excluding carboxylic acids is 2. The van der Waals surface area contributed by atoms with E-state index in [0.29, 0.717) is 0 Å². The van der Waals surface area contributed by atoms with Crippen LogP contribution in [0.1, 0.15) is 47.8 Å². The largest absolute Gasteiger partial charge is 0.507 e. The average molecular weight is 436 g/mol. The van der Waals surface area contributed by atoms with Crippen molar-refractivity contribution in [2.75, 3.05) is 7.11 Å². The number of ether oxygens (including phenoxy) is 1. The maximum atomic E-state index is 13.4. The molecule has 3 aromatic rings. The summed E-state index contributed by atoms with van der Waals surface area (Å²) in [7, 11) is 1.21. The quantitative estimate of drug-likeness (QED) is 0.325. The van der Waals surface area contributed by atoms with Crippen molar-refractivity contribution < 1.29 is 44.7 Å². The Morgan fingerprint density at radius 1 is 0.812 bits per heavy atom. The molecule has 162 valence electrons. The van der Waals surface area contributed by atoms with Gasteiger partial charge < -0.3 is 30.3 Å². The van der Waals surface area contributed by atoms with Crippen LogP contribution in [-0.4, -0.2) is 50.2 Å². The first kappa shape index (κ1) is 20.7. The van der Waals surface area contributed by atoms with E-state index in [1.807, 2.05) is 0 Å². The zero-order valence-corrected chi connectivity index (χ0v) is 16.8. The monoisotopic (exact) mass is 436 g/mol. The topological polar surface area (TPSA) is 162 Å². The van der Waals surface area contributed by atoms with Crippen LogP contribution in [0.5, 0.6) is 28.7 Å². The number of ketones is 2. The molecule has 0 saturated heterocycles. The lowest BCUT2D eigenvalue weighted by molar-refractivity contribution is 0.0690. The number of aromatic carboxylic acids is 1. The number of aryl methyl sites for hydroxylation is 1. The Hall–Kier alpha value is -4.53. The second-order valence-corrected chi connectivity index (χ2v) is 7.20. The molecule has 0 aliphatic heterocycles. The summed E-state index contributed by atoms with van der Waals surface area (Å²) < 4.78 is 5.21. The Balaban J connectivity index is 2.18. The van der Waals surface area contributed by atoms with Crippen LogP contribution in [0.15, 0.2) is 30.3 Å². The molecule has 0 unspecified atom stereocenters. The zero-order chi connectivity index (χ0) is 23.5. The minimum absolute atomic E-state index is 0.0537. The number of methoxy groups -OCH3 is 1. The van der Waals surface area contributed by atoms with Crippen molar-refractivity contribution in [1.82, 2.24) is 0 Å². The number of carbonyl (C=O) groups is 3. The Bertz CT molecular complexity index is 1370. The molecule has 3 aromatic carbocycles. The second kappa shape index (κ2) is 7.02. The molecule has 1 aliphatic carbocycles. The molecular formula is C23H16O9. The number of benzene rings is 3. The number of fused-ring (bicyclic) bond motifs is 2. The number of aromatic hydroxyl groups is 4. The van der Waals surface area contributed by atoms with Gasteiger partial charge >= 0.3 is 5.97 Å². The maximum Gasteiger partial charge on any atom is 0.343 e. The third kappa shape index (κ3) is 2.68. The van der Waals surface area contributed by atoms with Crippen LogP contribution >= 0.6 is 0 Å². The molecule has 0 fully saturated rings. The van der Waals surface area contributed by atoms with Crippen LogP contribution in [0.2, 0.25) is 0 Å². The number of phenols is 4. The van der Waals surface area contributed by atoms with E-state index in [4.69, 9.17) is 4.74 Å². The summed E-state index contributed by atoms with van der Waals surface area (Å²) in [6.45, 7) is 1.48. The molecule has 0 aromatic heterocycles. The highest BCUT2D eigenvalue weighted by molar-refractivity contribution is 6.32. The molecule has 0 saturated carbocycles. The van der Waals surface area contributed by atoms with E-state index in [0.717, 1.165) is 6.07 Å². The summed E-state index contributed by atoms with van der Waals surface area (Å²) in [6, 6.07) is 6.08. The van der Waals surface area contributed by atoms with E-state index in [2.05, 4.69) is 0 Å². The van der Waals surface area contributed by atoms with Crippen LogP contribution in [-0.2, 0) is 0 Å². The number of hydrogen-bond acceptors (Lipinski definition) is 8. The standard InChI is InChI=1S/C23H16O9/c1-8-6-11(25)16-19(20(27)9-4-3-5-10(24)15(9)21(16)28)14(8)18-13(32-2)7-12(26)17(22(18)29)23(30)31/h3-7,24-26,29H,1-2H3,(H,30,31). The van der Waals surface area contributed by atoms with Crippen LogP contribution in [0.25, 0.3) is 11.1 Å². The highest BCUT2D eigenvalue weighted by Gasteiger charge is 2.38. The Morgan fingerprint density at radius 3 is 2.12 bits per heavy atom. The molecule has 32 heavy (non-hydrogen) atoms. The Labute approximate surface area is 180 Å². The highest BCUT2D eigenvalue weighted by atomic mass is 16.5. The summed E-state index contributed by atoms with van der Waals surface area (Å²) >= 11 is 0. The fourth-order valence-corrected chi connectivity index (χ4v) is 4.05. The molecule has 1 aliphatic rings. The first-order chi connectivity index (χ1) is 15.1. The molecule has 0 radical (unpaired) electrons. The number of phenolic OH excluding ortho intramolecular Hbond substituents is 2. The summed E-state index contributed by atoms with van der Waals surface area (Å²) in [5.74, 6) is -5.95. The Kier molecular flexibility index (Phi) is 4.55. The molecule has 5 N–H and O–H groups in total. The molecule has 0 heterocycles. The summed E-state index contributed by atoms with van der Waals surface area (Å²) in [4.78, 5) is 38.2. The maximum absolute atomic E-state index is 13.4. The van der Waals surface area contributed by atoms with Gasteiger partial charge in [-0.2, -0.15) is 0 Å². The van der Waals surface area contributed by atoms with Crippen LogP contribution in [0, 0.1) is 6.92 Å². The number of hydrogen-bond donors (Lipinski definition) is 5.